The Kier molecular flexibility index (Phi) is 3.39. The van der Waals surface area contributed by atoms with E-state index in [1.807, 2.05) is 6.92 Å². The highest BCUT2D eigenvalue weighted by molar-refractivity contribution is 5.32. The number of nitrogens with one attached hydrogen (secondary N) is 1. The zero-order valence-corrected chi connectivity index (χ0v) is 9.24. The number of hydrogen-bond donors (Lipinski definition) is 2. The molecule has 0 saturated carbocycles. The van der Waals surface area contributed by atoms with Gasteiger partial charge in [-0.05, 0) is 37.3 Å². The van der Waals surface area contributed by atoms with Crippen molar-refractivity contribution in [1.29, 1.82) is 0 Å². The molecule has 0 aliphatic heterocycles. The fraction of sp³-hybridized carbons (Fsp3) is 0.538. The van der Waals surface area contributed by atoms with Gasteiger partial charge in [-0.15, -0.1) is 0 Å². The molecule has 0 fully saturated rings. The number of rotatable bonds is 3. The molecule has 0 amide bonds. The molecule has 1 aromatic carbocycles. The second kappa shape index (κ2) is 4.77. The van der Waals surface area contributed by atoms with Crippen LogP contribution in [-0.4, -0.2) is 17.8 Å². The topological polar surface area (TPSA) is 32.3 Å². The van der Waals surface area contributed by atoms with E-state index in [2.05, 4.69) is 29.6 Å². The Morgan fingerprint density at radius 3 is 3.07 bits per heavy atom. The summed E-state index contributed by atoms with van der Waals surface area (Å²) in [5, 5.41) is 12.5. The molecule has 0 spiro atoms. The van der Waals surface area contributed by atoms with E-state index in [1.54, 1.807) is 0 Å². The average molecular weight is 205 g/mol. The van der Waals surface area contributed by atoms with Gasteiger partial charge in [0.15, 0.2) is 0 Å². The summed E-state index contributed by atoms with van der Waals surface area (Å²) in [4.78, 5) is 0. The third-order valence-corrected chi connectivity index (χ3v) is 3.13. The quantitative estimate of drug-likeness (QED) is 0.791. The highest BCUT2D eigenvalue weighted by Crippen LogP contribution is 2.29. The van der Waals surface area contributed by atoms with E-state index in [9.17, 15) is 0 Å². The van der Waals surface area contributed by atoms with Crippen LogP contribution in [0.5, 0.6) is 0 Å². The molecule has 0 bridgehead atoms. The van der Waals surface area contributed by atoms with Crippen molar-refractivity contribution in [3.05, 3.63) is 35.4 Å². The largest absolute Gasteiger partial charge is 0.395 e. The van der Waals surface area contributed by atoms with Gasteiger partial charge in [0.25, 0.3) is 0 Å². The van der Waals surface area contributed by atoms with Crippen molar-refractivity contribution >= 4 is 0 Å². The summed E-state index contributed by atoms with van der Waals surface area (Å²) in [6, 6.07) is 9.24. The van der Waals surface area contributed by atoms with Gasteiger partial charge >= 0.3 is 0 Å². The lowest BCUT2D eigenvalue weighted by Gasteiger charge is -2.28. The maximum absolute atomic E-state index is 9.05. The minimum absolute atomic E-state index is 0.182. The van der Waals surface area contributed by atoms with E-state index >= 15 is 0 Å². The van der Waals surface area contributed by atoms with Gasteiger partial charge in [-0.1, -0.05) is 24.3 Å². The number of aliphatic hydroxyl groups excluding tert-OH is 1. The minimum atomic E-state index is 0.182. The first-order valence-corrected chi connectivity index (χ1v) is 5.76. The molecule has 0 saturated heterocycles. The van der Waals surface area contributed by atoms with Crippen molar-refractivity contribution < 1.29 is 5.11 Å². The van der Waals surface area contributed by atoms with Crippen molar-refractivity contribution in [1.82, 2.24) is 5.32 Å². The smallest absolute Gasteiger partial charge is 0.0582 e. The molecule has 2 unspecified atom stereocenters. The van der Waals surface area contributed by atoms with Gasteiger partial charge in [-0.2, -0.15) is 0 Å². The maximum Gasteiger partial charge on any atom is 0.0582 e. The van der Waals surface area contributed by atoms with Crippen molar-refractivity contribution in [3.63, 3.8) is 0 Å². The van der Waals surface area contributed by atoms with Gasteiger partial charge in [-0.25, -0.2) is 0 Å². The molecule has 1 aliphatic carbocycles. The second-order valence-corrected chi connectivity index (χ2v) is 4.39. The van der Waals surface area contributed by atoms with E-state index in [1.165, 1.54) is 30.4 Å². The lowest BCUT2D eigenvalue weighted by Crippen LogP contribution is -2.34. The first kappa shape index (κ1) is 10.7. The van der Waals surface area contributed by atoms with E-state index in [0.717, 1.165) is 0 Å². The molecule has 2 N–H and O–H groups in total. The van der Waals surface area contributed by atoms with Gasteiger partial charge in [0.2, 0.25) is 0 Å². The normalized spacial score (nSPS) is 22.1. The first-order chi connectivity index (χ1) is 7.31. The molecule has 2 nitrogen and oxygen atoms in total. The number of aryl methyl sites for hydroxylation is 1. The molecule has 1 aliphatic rings. The van der Waals surface area contributed by atoms with Crippen LogP contribution in [0.1, 0.15) is 36.9 Å². The van der Waals surface area contributed by atoms with Crippen LogP contribution in [0.25, 0.3) is 0 Å². The molecule has 82 valence electrons. The van der Waals surface area contributed by atoms with Gasteiger partial charge in [0.1, 0.15) is 0 Å². The Bertz CT molecular complexity index is 324. The molecule has 2 atom stereocenters. The Hall–Kier alpha value is -0.860. The zero-order chi connectivity index (χ0) is 10.7. The standard InChI is InChI=1S/C13H19NO/c1-10(9-15)14-13-8-4-6-11-5-2-3-7-12(11)13/h2-3,5,7,10,13-15H,4,6,8-9H2,1H3. The van der Waals surface area contributed by atoms with Crippen molar-refractivity contribution in [2.75, 3.05) is 6.61 Å². The third kappa shape index (κ3) is 2.39. The lowest BCUT2D eigenvalue weighted by atomic mass is 9.87. The average Bonchev–Trinajstić information content (AvgIpc) is 2.29. The fourth-order valence-corrected chi connectivity index (χ4v) is 2.32. The molecular formula is C13H19NO. The monoisotopic (exact) mass is 205 g/mol. The molecule has 15 heavy (non-hydrogen) atoms. The minimum Gasteiger partial charge on any atom is -0.395 e. The Morgan fingerprint density at radius 1 is 1.47 bits per heavy atom. The van der Waals surface area contributed by atoms with E-state index in [-0.39, 0.29) is 12.6 Å². The van der Waals surface area contributed by atoms with Gasteiger partial charge < -0.3 is 10.4 Å². The molecule has 0 radical (unpaired) electrons. The van der Waals surface area contributed by atoms with E-state index in [0.29, 0.717) is 6.04 Å². The number of aliphatic hydroxyl groups is 1. The molecule has 1 aromatic rings. The summed E-state index contributed by atoms with van der Waals surface area (Å²) in [5.41, 5.74) is 2.88. The van der Waals surface area contributed by atoms with Crippen LogP contribution in [-0.2, 0) is 6.42 Å². The van der Waals surface area contributed by atoms with Crippen molar-refractivity contribution in [2.24, 2.45) is 0 Å². The molecule has 2 rings (SSSR count). The van der Waals surface area contributed by atoms with Crippen LogP contribution in [0, 0.1) is 0 Å². The van der Waals surface area contributed by atoms with Gasteiger partial charge in [-0.3, -0.25) is 0 Å². The Morgan fingerprint density at radius 2 is 2.27 bits per heavy atom. The van der Waals surface area contributed by atoms with Crippen LogP contribution in [0.3, 0.4) is 0 Å². The predicted octanol–water partition coefficient (Wildman–Crippen LogP) is 2.03. The molecular weight excluding hydrogens is 186 g/mol. The Balaban J connectivity index is 2.15. The summed E-state index contributed by atoms with van der Waals surface area (Å²) in [7, 11) is 0. The fourth-order valence-electron chi connectivity index (χ4n) is 2.32. The number of hydrogen-bond acceptors (Lipinski definition) is 2. The highest BCUT2D eigenvalue weighted by atomic mass is 16.3. The summed E-state index contributed by atoms with van der Waals surface area (Å²) < 4.78 is 0. The summed E-state index contributed by atoms with van der Waals surface area (Å²) >= 11 is 0. The second-order valence-electron chi connectivity index (χ2n) is 4.39. The SMILES string of the molecule is CC(CO)NC1CCCc2ccccc21. The van der Waals surface area contributed by atoms with Crippen LogP contribution in [0.4, 0.5) is 0 Å². The first-order valence-electron chi connectivity index (χ1n) is 5.76. The summed E-state index contributed by atoms with van der Waals surface area (Å²) in [6.07, 6.45) is 3.62. The van der Waals surface area contributed by atoms with E-state index in [4.69, 9.17) is 5.11 Å². The maximum atomic E-state index is 9.05. The molecule has 0 aromatic heterocycles. The van der Waals surface area contributed by atoms with Crippen LogP contribution >= 0.6 is 0 Å². The van der Waals surface area contributed by atoms with Gasteiger partial charge in [0.05, 0.1) is 6.61 Å². The number of fused-ring (bicyclic) bond motifs is 1. The third-order valence-electron chi connectivity index (χ3n) is 3.13. The Labute approximate surface area is 91.3 Å². The van der Waals surface area contributed by atoms with E-state index < -0.39 is 0 Å². The molecule has 2 heteroatoms. The summed E-state index contributed by atoms with van der Waals surface area (Å²) in [6.45, 7) is 2.23. The van der Waals surface area contributed by atoms with Crippen LogP contribution in [0.15, 0.2) is 24.3 Å². The highest BCUT2D eigenvalue weighted by Gasteiger charge is 2.20. The number of benzene rings is 1. The predicted molar refractivity (Wildman–Crippen MR) is 61.8 cm³/mol. The lowest BCUT2D eigenvalue weighted by molar-refractivity contribution is 0.236. The van der Waals surface area contributed by atoms with Crippen LogP contribution < -0.4 is 5.32 Å². The molecule has 0 heterocycles. The van der Waals surface area contributed by atoms with Gasteiger partial charge in [0, 0.05) is 12.1 Å². The summed E-state index contributed by atoms with van der Waals surface area (Å²) in [5.74, 6) is 0. The van der Waals surface area contributed by atoms with Crippen LogP contribution in [0.2, 0.25) is 0 Å². The van der Waals surface area contributed by atoms with Crippen molar-refractivity contribution in [2.45, 2.75) is 38.3 Å². The zero-order valence-electron chi connectivity index (χ0n) is 9.24. The van der Waals surface area contributed by atoms with Crippen molar-refractivity contribution in [3.8, 4) is 0 Å².